The second kappa shape index (κ2) is 6.34. The molecule has 1 rings (SSSR count). The molecule has 0 heterocycles. The Morgan fingerprint density at radius 2 is 2.00 bits per heavy atom. The van der Waals surface area contributed by atoms with E-state index in [-0.39, 0.29) is 23.0 Å². The first-order valence-corrected chi connectivity index (χ1v) is 7.71. The standard InChI is InChI=1S/C13H20N2O4S/c1-8-4-5-11(6-12(8)13(14)17)20(18,19)15-10(3)9(2)7-16/h4-6,9-10,15-16H,7H2,1-3H3,(H2,14,17). The van der Waals surface area contributed by atoms with Crippen molar-refractivity contribution in [3.63, 3.8) is 0 Å². The molecule has 1 aromatic rings. The zero-order valence-electron chi connectivity index (χ0n) is 11.8. The molecule has 2 unspecified atom stereocenters. The number of aliphatic hydroxyl groups excluding tert-OH is 1. The minimum absolute atomic E-state index is 0.0195. The fourth-order valence-corrected chi connectivity index (χ4v) is 3.00. The number of sulfonamides is 1. The van der Waals surface area contributed by atoms with Gasteiger partial charge in [0.1, 0.15) is 0 Å². The summed E-state index contributed by atoms with van der Waals surface area (Å²) >= 11 is 0. The summed E-state index contributed by atoms with van der Waals surface area (Å²) < 4.78 is 26.9. The van der Waals surface area contributed by atoms with Crippen molar-refractivity contribution in [2.75, 3.05) is 6.61 Å². The van der Waals surface area contributed by atoms with Crippen LogP contribution in [0.15, 0.2) is 23.1 Å². The molecule has 0 fully saturated rings. The zero-order chi connectivity index (χ0) is 15.5. The Morgan fingerprint density at radius 3 is 2.50 bits per heavy atom. The Labute approximate surface area is 119 Å². The van der Waals surface area contributed by atoms with E-state index in [0.717, 1.165) is 0 Å². The predicted octanol–water partition coefficient (Wildman–Crippen LogP) is 0.389. The minimum atomic E-state index is -3.76. The highest BCUT2D eigenvalue weighted by molar-refractivity contribution is 7.89. The molecule has 112 valence electrons. The second-order valence-corrected chi connectivity index (χ2v) is 6.62. The highest BCUT2D eigenvalue weighted by Crippen LogP contribution is 2.16. The van der Waals surface area contributed by atoms with Crippen molar-refractivity contribution in [1.29, 1.82) is 0 Å². The van der Waals surface area contributed by atoms with E-state index in [1.165, 1.54) is 18.2 Å². The molecule has 0 saturated heterocycles. The van der Waals surface area contributed by atoms with Gasteiger partial charge in [-0.1, -0.05) is 13.0 Å². The molecule has 0 bridgehead atoms. The summed E-state index contributed by atoms with van der Waals surface area (Å²) in [5, 5.41) is 9.03. The van der Waals surface area contributed by atoms with Crippen LogP contribution in [0.2, 0.25) is 0 Å². The predicted molar refractivity (Wildman–Crippen MR) is 75.7 cm³/mol. The Morgan fingerprint density at radius 1 is 1.40 bits per heavy atom. The number of hydrogen-bond acceptors (Lipinski definition) is 4. The quantitative estimate of drug-likeness (QED) is 0.706. The number of amides is 1. The fraction of sp³-hybridized carbons (Fsp3) is 0.462. The van der Waals surface area contributed by atoms with Crippen LogP contribution in [0.3, 0.4) is 0 Å². The Hall–Kier alpha value is -1.44. The van der Waals surface area contributed by atoms with E-state index in [0.29, 0.717) is 5.56 Å². The molecule has 0 aliphatic carbocycles. The lowest BCUT2D eigenvalue weighted by Gasteiger charge is -2.19. The van der Waals surface area contributed by atoms with Crippen LogP contribution >= 0.6 is 0 Å². The minimum Gasteiger partial charge on any atom is -0.396 e. The van der Waals surface area contributed by atoms with Gasteiger partial charge in [-0.3, -0.25) is 4.79 Å². The molecule has 4 N–H and O–H groups in total. The molecule has 7 heteroatoms. The smallest absolute Gasteiger partial charge is 0.249 e. The summed E-state index contributed by atoms with van der Waals surface area (Å²) in [6, 6.07) is 3.79. The van der Waals surface area contributed by atoms with Gasteiger partial charge in [-0.2, -0.15) is 0 Å². The average molecular weight is 300 g/mol. The lowest BCUT2D eigenvalue weighted by atomic mass is 10.1. The monoisotopic (exact) mass is 300 g/mol. The van der Waals surface area contributed by atoms with Crippen LogP contribution in [-0.2, 0) is 10.0 Å². The largest absolute Gasteiger partial charge is 0.396 e. The first kappa shape index (κ1) is 16.6. The maximum atomic E-state index is 12.2. The maximum absolute atomic E-state index is 12.2. The van der Waals surface area contributed by atoms with Gasteiger partial charge in [-0.15, -0.1) is 0 Å². The number of nitrogens with one attached hydrogen (secondary N) is 1. The van der Waals surface area contributed by atoms with Gasteiger partial charge in [0, 0.05) is 18.2 Å². The summed E-state index contributed by atoms with van der Waals surface area (Å²) in [6.45, 7) is 4.96. The number of carbonyl (C=O) groups is 1. The number of aryl methyl sites for hydroxylation is 1. The Balaban J connectivity index is 3.10. The molecule has 0 spiro atoms. The molecule has 0 aliphatic rings. The SMILES string of the molecule is Cc1ccc(S(=O)(=O)NC(C)C(C)CO)cc1C(N)=O. The number of rotatable bonds is 6. The number of nitrogens with two attached hydrogens (primary N) is 1. The van der Waals surface area contributed by atoms with Gasteiger partial charge in [0.15, 0.2) is 0 Å². The van der Waals surface area contributed by atoms with Gasteiger partial charge in [0.25, 0.3) is 0 Å². The number of carbonyl (C=O) groups excluding carboxylic acids is 1. The number of hydrogen-bond donors (Lipinski definition) is 3. The molecule has 0 saturated carbocycles. The molecule has 0 radical (unpaired) electrons. The third kappa shape index (κ3) is 3.78. The van der Waals surface area contributed by atoms with Gasteiger partial charge >= 0.3 is 0 Å². The van der Waals surface area contributed by atoms with Crippen molar-refractivity contribution in [2.45, 2.75) is 31.7 Å². The topological polar surface area (TPSA) is 109 Å². The summed E-state index contributed by atoms with van der Waals surface area (Å²) in [7, 11) is -3.76. The molecule has 6 nitrogen and oxygen atoms in total. The summed E-state index contributed by atoms with van der Waals surface area (Å²) in [5.74, 6) is -0.887. The van der Waals surface area contributed by atoms with Gasteiger partial charge in [0.05, 0.1) is 4.90 Å². The summed E-state index contributed by atoms with van der Waals surface area (Å²) in [6.07, 6.45) is 0. The van der Waals surface area contributed by atoms with Crippen LogP contribution in [0.4, 0.5) is 0 Å². The van der Waals surface area contributed by atoms with Crippen molar-refractivity contribution < 1.29 is 18.3 Å². The number of aliphatic hydroxyl groups is 1. The zero-order valence-corrected chi connectivity index (χ0v) is 12.6. The third-order valence-corrected chi connectivity index (χ3v) is 4.82. The van der Waals surface area contributed by atoms with Crippen LogP contribution in [0.5, 0.6) is 0 Å². The first-order valence-electron chi connectivity index (χ1n) is 6.22. The van der Waals surface area contributed by atoms with Crippen LogP contribution in [0, 0.1) is 12.8 Å². The van der Waals surface area contributed by atoms with Crippen LogP contribution in [0.25, 0.3) is 0 Å². The van der Waals surface area contributed by atoms with Gasteiger partial charge < -0.3 is 10.8 Å². The molecular weight excluding hydrogens is 280 g/mol. The van der Waals surface area contributed by atoms with Crippen molar-refractivity contribution in [3.8, 4) is 0 Å². The van der Waals surface area contributed by atoms with E-state index in [1.807, 2.05) is 0 Å². The van der Waals surface area contributed by atoms with Crippen molar-refractivity contribution in [1.82, 2.24) is 4.72 Å². The Kier molecular flexibility index (Phi) is 5.27. The maximum Gasteiger partial charge on any atom is 0.249 e. The van der Waals surface area contributed by atoms with E-state index in [2.05, 4.69) is 4.72 Å². The van der Waals surface area contributed by atoms with E-state index in [9.17, 15) is 13.2 Å². The molecule has 0 aromatic heterocycles. The van der Waals surface area contributed by atoms with Gasteiger partial charge in [-0.25, -0.2) is 13.1 Å². The third-order valence-electron chi connectivity index (χ3n) is 3.27. The van der Waals surface area contributed by atoms with Crippen LogP contribution in [-0.4, -0.2) is 32.1 Å². The highest BCUT2D eigenvalue weighted by atomic mass is 32.2. The normalized spacial score (nSPS) is 14.8. The molecule has 1 amide bonds. The number of primary amides is 1. The van der Waals surface area contributed by atoms with Crippen molar-refractivity contribution in [3.05, 3.63) is 29.3 Å². The second-order valence-electron chi connectivity index (χ2n) is 4.91. The van der Waals surface area contributed by atoms with Gasteiger partial charge in [0.2, 0.25) is 15.9 Å². The molecule has 1 aromatic carbocycles. The average Bonchev–Trinajstić information content (AvgIpc) is 2.36. The molecular formula is C13H20N2O4S. The molecule has 2 atom stereocenters. The molecule has 0 aliphatic heterocycles. The van der Waals surface area contributed by atoms with Gasteiger partial charge in [-0.05, 0) is 37.5 Å². The lowest BCUT2D eigenvalue weighted by Crippen LogP contribution is -2.38. The van der Waals surface area contributed by atoms with Crippen LogP contribution in [0.1, 0.15) is 29.8 Å². The van der Waals surface area contributed by atoms with Crippen molar-refractivity contribution in [2.24, 2.45) is 11.7 Å². The first-order chi connectivity index (χ1) is 9.19. The lowest BCUT2D eigenvalue weighted by molar-refractivity contribution is 0.0999. The molecule has 20 heavy (non-hydrogen) atoms. The summed E-state index contributed by atoms with van der Waals surface area (Å²) in [5.41, 5.74) is 6.01. The van der Waals surface area contributed by atoms with Crippen molar-refractivity contribution >= 4 is 15.9 Å². The Bertz CT molecular complexity index is 598. The summed E-state index contributed by atoms with van der Waals surface area (Å²) in [4.78, 5) is 11.2. The van der Waals surface area contributed by atoms with E-state index < -0.39 is 22.0 Å². The van der Waals surface area contributed by atoms with E-state index >= 15 is 0 Å². The number of benzene rings is 1. The van der Waals surface area contributed by atoms with Crippen LogP contribution < -0.4 is 10.5 Å². The van der Waals surface area contributed by atoms with E-state index in [4.69, 9.17) is 10.8 Å². The highest BCUT2D eigenvalue weighted by Gasteiger charge is 2.22. The fourth-order valence-electron chi connectivity index (χ4n) is 1.62. The van der Waals surface area contributed by atoms with E-state index in [1.54, 1.807) is 20.8 Å².